The van der Waals surface area contributed by atoms with Crippen LogP contribution in [0.1, 0.15) is 71.1 Å². The second-order valence-corrected chi connectivity index (χ2v) is 6.31. The van der Waals surface area contributed by atoms with E-state index >= 15 is 0 Å². The van der Waals surface area contributed by atoms with Gasteiger partial charge in [0.25, 0.3) is 0 Å². The molecule has 2 nitrogen and oxygen atoms in total. The second-order valence-electron chi connectivity index (χ2n) is 6.31. The van der Waals surface area contributed by atoms with E-state index in [1.54, 1.807) is 0 Å². The van der Waals surface area contributed by atoms with Crippen molar-refractivity contribution in [2.24, 2.45) is 11.3 Å². The van der Waals surface area contributed by atoms with Crippen molar-refractivity contribution in [3.8, 4) is 0 Å². The molecule has 0 bridgehead atoms. The van der Waals surface area contributed by atoms with Gasteiger partial charge >= 0.3 is 5.97 Å². The molecule has 2 aliphatic rings. The molecule has 0 aliphatic heterocycles. The summed E-state index contributed by atoms with van der Waals surface area (Å²) in [6.07, 6.45) is 12.2. The van der Waals surface area contributed by atoms with E-state index in [0.29, 0.717) is 6.61 Å². The zero-order valence-corrected chi connectivity index (χ0v) is 11.2. The molecular weight excluding hydrogens is 212 g/mol. The summed E-state index contributed by atoms with van der Waals surface area (Å²) >= 11 is 0. The minimum absolute atomic E-state index is 0.0801. The van der Waals surface area contributed by atoms with E-state index in [1.807, 2.05) is 0 Å². The minimum atomic E-state index is 0.0801. The summed E-state index contributed by atoms with van der Waals surface area (Å²) in [5.41, 5.74) is 0.266. The van der Waals surface area contributed by atoms with Crippen molar-refractivity contribution in [1.29, 1.82) is 0 Å². The maximum absolute atomic E-state index is 12.0. The SMILES string of the molecule is CC1(COC(=O)C2CCCCC2)CCCCC1. The summed E-state index contributed by atoms with van der Waals surface area (Å²) in [4.78, 5) is 12.0. The molecule has 0 spiro atoms. The molecule has 2 aliphatic carbocycles. The normalized spacial score (nSPS) is 25.5. The fraction of sp³-hybridized carbons (Fsp3) is 0.933. The molecule has 0 aromatic heterocycles. The maximum Gasteiger partial charge on any atom is 0.308 e. The molecule has 2 heteroatoms. The monoisotopic (exact) mass is 238 g/mol. The van der Waals surface area contributed by atoms with Gasteiger partial charge in [-0.15, -0.1) is 0 Å². The van der Waals surface area contributed by atoms with Gasteiger partial charge in [0.1, 0.15) is 0 Å². The van der Waals surface area contributed by atoms with Gasteiger partial charge in [-0.3, -0.25) is 4.79 Å². The summed E-state index contributed by atoms with van der Waals surface area (Å²) in [5, 5.41) is 0. The Morgan fingerprint density at radius 3 is 2.29 bits per heavy atom. The number of hydrogen-bond donors (Lipinski definition) is 0. The molecule has 0 N–H and O–H groups in total. The number of rotatable bonds is 3. The van der Waals surface area contributed by atoms with Crippen molar-refractivity contribution in [3.63, 3.8) is 0 Å². The third kappa shape index (κ3) is 3.72. The van der Waals surface area contributed by atoms with Gasteiger partial charge in [0.2, 0.25) is 0 Å². The standard InChI is InChI=1S/C15H26O2/c1-15(10-6-3-7-11-15)12-17-14(16)13-8-4-2-5-9-13/h13H,2-12H2,1H3. The summed E-state index contributed by atoms with van der Waals surface area (Å²) in [5.74, 6) is 0.285. The first-order valence-electron chi connectivity index (χ1n) is 7.36. The van der Waals surface area contributed by atoms with Crippen LogP contribution in [0.15, 0.2) is 0 Å². The molecule has 0 heterocycles. The molecule has 2 rings (SSSR count). The van der Waals surface area contributed by atoms with Crippen LogP contribution in [0.3, 0.4) is 0 Å². The van der Waals surface area contributed by atoms with E-state index in [-0.39, 0.29) is 17.3 Å². The van der Waals surface area contributed by atoms with Crippen molar-refractivity contribution < 1.29 is 9.53 Å². The third-order valence-electron chi connectivity index (χ3n) is 4.56. The van der Waals surface area contributed by atoms with Crippen LogP contribution in [-0.2, 0) is 9.53 Å². The Balaban J connectivity index is 1.74. The first-order valence-corrected chi connectivity index (χ1v) is 7.36. The molecule has 0 unspecified atom stereocenters. The largest absolute Gasteiger partial charge is 0.465 e. The predicted octanol–water partition coefficient (Wildman–Crippen LogP) is 4.08. The van der Waals surface area contributed by atoms with Crippen LogP contribution in [0, 0.1) is 11.3 Å². The number of hydrogen-bond acceptors (Lipinski definition) is 2. The highest BCUT2D eigenvalue weighted by atomic mass is 16.5. The van der Waals surface area contributed by atoms with Gasteiger partial charge in [-0.25, -0.2) is 0 Å². The molecule has 0 saturated heterocycles. The highest BCUT2D eigenvalue weighted by Crippen LogP contribution is 2.36. The Labute approximate surface area is 105 Å². The second kappa shape index (κ2) is 5.88. The van der Waals surface area contributed by atoms with Crippen molar-refractivity contribution in [1.82, 2.24) is 0 Å². The maximum atomic E-state index is 12.0. The first-order chi connectivity index (χ1) is 8.20. The van der Waals surface area contributed by atoms with Crippen molar-refractivity contribution in [2.45, 2.75) is 71.1 Å². The molecule has 0 atom stereocenters. The van der Waals surface area contributed by atoms with E-state index in [2.05, 4.69) is 6.92 Å². The lowest BCUT2D eigenvalue weighted by Crippen LogP contribution is -2.30. The van der Waals surface area contributed by atoms with Gasteiger partial charge in [-0.2, -0.15) is 0 Å². The molecule has 0 aromatic carbocycles. The lowest BCUT2D eigenvalue weighted by molar-refractivity contribution is -0.153. The fourth-order valence-corrected chi connectivity index (χ4v) is 3.25. The zero-order valence-electron chi connectivity index (χ0n) is 11.2. The van der Waals surface area contributed by atoms with Crippen LogP contribution in [0.25, 0.3) is 0 Å². The Bertz CT molecular complexity index is 248. The van der Waals surface area contributed by atoms with Crippen LogP contribution in [0.5, 0.6) is 0 Å². The average molecular weight is 238 g/mol. The van der Waals surface area contributed by atoms with Crippen molar-refractivity contribution in [2.75, 3.05) is 6.61 Å². The van der Waals surface area contributed by atoms with E-state index in [9.17, 15) is 4.79 Å². The molecule has 2 saturated carbocycles. The van der Waals surface area contributed by atoms with E-state index in [0.717, 1.165) is 12.8 Å². The smallest absolute Gasteiger partial charge is 0.308 e. The quantitative estimate of drug-likeness (QED) is 0.692. The Morgan fingerprint density at radius 2 is 1.65 bits per heavy atom. The predicted molar refractivity (Wildman–Crippen MR) is 68.7 cm³/mol. The number of esters is 1. The van der Waals surface area contributed by atoms with E-state index in [4.69, 9.17) is 4.74 Å². The van der Waals surface area contributed by atoms with Gasteiger partial charge in [-0.1, -0.05) is 45.4 Å². The lowest BCUT2D eigenvalue weighted by Gasteiger charge is -2.33. The first kappa shape index (κ1) is 12.9. The van der Waals surface area contributed by atoms with Crippen molar-refractivity contribution >= 4 is 5.97 Å². The highest BCUT2D eigenvalue weighted by Gasteiger charge is 2.30. The Kier molecular flexibility index (Phi) is 4.47. The van der Waals surface area contributed by atoms with Gasteiger partial charge in [0.05, 0.1) is 12.5 Å². The zero-order chi connectivity index (χ0) is 12.1. The molecule has 0 amide bonds. The van der Waals surface area contributed by atoms with Crippen LogP contribution in [-0.4, -0.2) is 12.6 Å². The van der Waals surface area contributed by atoms with E-state index < -0.39 is 0 Å². The molecule has 17 heavy (non-hydrogen) atoms. The number of carbonyl (C=O) groups is 1. The summed E-state index contributed by atoms with van der Waals surface area (Å²) < 4.78 is 5.59. The average Bonchev–Trinajstić information content (AvgIpc) is 2.38. The lowest BCUT2D eigenvalue weighted by atomic mass is 9.76. The summed E-state index contributed by atoms with van der Waals surface area (Å²) in [6, 6.07) is 0. The van der Waals surface area contributed by atoms with Crippen molar-refractivity contribution in [3.05, 3.63) is 0 Å². The molecule has 98 valence electrons. The number of ether oxygens (including phenoxy) is 1. The fourth-order valence-electron chi connectivity index (χ4n) is 3.25. The van der Waals surface area contributed by atoms with Gasteiger partial charge in [0, 0.05) is 5.41 Å². The minimum Gasteiger partial charge on any atom is -0.465 e. The Morgan fingerprint density at radius 1 is 1.06 bits per heavy atom. The number of carbonyl (C=O) groups excluding carboxylic acids is 1. The van der Waals surface area contributed by atoms with Crippen LogP contribution >= 0.6 is 0 Å². The van der Waals surface area contributed by atoms with Crippen LogP contribution < -0.4 is 0 Å². The summed E-state index contributed by atoms with van der Waals surface area (Å²) in [7, 11) is 0. The van der Waals surface area contributed by atoms with Gasteiger partial charge in [-0.05, 0) is 25.7 Å². The molecule has 2 fully saturated rings. The van der Waals surface area contributed by atoms with Gasteiger partial charge < -0.3 is 4.74 Å². The Hall–Kier alpha value is -0.530. The molecule has 0 radical (unpaired) electrons. The molecular formula is C15H26O2. The van der Waals surface area contributed by atoms with Gasteiger partial charge in [0.15, 0.2) is 0 Å². The topological polar surface area (TPSA) is 26.3 Å². The highest BCUT2D eigenvalue weighted by molar-refractivity contribution is 5.72. The van der Waals surface area contributed by atoms with E-state index in [1.165, 1.54) is 51.4 Å². The van der Waals surface area contributed by atoms with Crippen LogP contribution in [0.4, 0.5) is 0 Å². The third-order valence-corrected chi connectivity index (χ3v) is 4.56. The summed E-state index contributed by atoms with van der Waals surface area (Å²) in [6.45, 7) is 2.93. The van der Waals surface area contributed by atoms with Crippen LogP contribution in [0.2, 0.25) is 0 Å². The molecule has 0 aromatic rings.